The van der Waals surface area contributed by atoms with E-state index in [0.717, 1.165) is 18.4 Å². The summed E-state index contributed by atoms with van der Waals surface area (Å²) in [7, 11) is 0. The summed E-state index contributed by atoms with van der Waals surface area (Å²) < 4.78 is 0. The average Bonchev–Trinajstić information content (AvgIpc) is 2.36. The molecule has 1 spiro atoms. The van der Waals surface area contributed by atoms with Crippen molar-refractivity contribution in [2.24, 2.45) is 5.41 Å². The molecule has 0 heterocycles. The fourth-order valence-corrected chi connectivity index (χ4v) is 4.34. The molecule has 0 radical (unpaired) electrons. The lowest BCUT2D eigenvalue weighted by Crippen LogP contribution is -2.55. The van der Waals surface area contributed by atoms with E-state index in [1.807, 2.05) is 18.2 Å². The Balaban J connectivity index is 1.89. The van der Waals surface area contributed by atoms with E-state index < -0.39 is 11.4 Å². The number of rotatable bonds is 2. The molecule has 2 nitrogen and oxygen atoms in total. The molecule has 0 aromatic heterocycles. The average molecular weight is 279 g/mol. The van der Waals surface area contributed by atoms with E-state index in [1.165, 1.54) is 32.1 Å². The lowest BCUT2D eigenvalue weighted by molar-refractivity contribution is -0.156. The normalized spacial score (nSPS) is 23.8. The minimum absolute atomic E-state index is 0.291. The zero-order valence-electron chi connectivity index (χ0n) is 11.0. The Morgan fingerprint density at radius 1 is 1.16 bits per heavy atom. The molecule has 1 aromatic carbocycles. The van der Waals surface area contributed by atoms with Gasteiger partial charge in [-0.1, -0.05) is 43.0 Å². The van der Waals surface area contributed by atoms with Crippen LogP contribution in [0.25, 0.3) is 0 Å². The highest BCUT2D eigenvalue weighted by Gasteiger charge is 2.59. The highest BCUT2D eigenvalue weighted by molar-refractivity contribution is 6.30. The largest absolute Gasteiger partial charge is 0.481 e. The Morgan fingerprint density at radius 3 is 2.42 bits per heavy atom. The lowest BCUT2D eigenvalue weighted by Gasteiger charge is -2.56. The van der Waals surface area contributed by atoms with Crippen molar-refractivity contribution in [1.29, 1.82) is 0 Å². The maximum Gasteiger partial charge on any atom is 0.314 e. The maximum absolute atomic E-state index is 11.8. The van der Waals surface area contributed by atoms with Gasteiger partial charge in [0.05, 0.1) is 5.41 Å². The molecule has 0 aliphatic heterocycles. The van der Waals surface area contributed by atoms with Crippen molar-refractivity contribution < 1.29 is 9.90 Å². The standard InChI is InChI=1S/C16H19ClO2/c17-13-6-4-5-12(9-13)16(14(18)19)10-15(11-16)7-2-1-3-8-15/h4-6,9H,1-3,7-8,10-11H2,(H,18,19). The molecule has 1 aromatic rings. The molecule has 0 unspecified atom stereocenters. The molecule has 2 fully saturated rings. The van der Waals surface area contributed by atoms with Crippen LogP contribution in [0.3, 0.4) is 0 Å². The van der Waals surface area contributed by atoms with Gasteiger partial charge in [-0.3, -0.25) is 4.79 Å². The Bertz CT molecular complexity index is 495. The first-order valence-corrected chi connectivity index (χ1v) is 7.44. The number of aliphatic carboxylic acids is 1. The third-order valence-corrected chi connectivity index (χ3v) is 5.29. The third-order valence-electron chi connectivity index (χ3n) is 5.05. The van der Waals surface area contributed by atoms with Gasteiger partial charge in [0.15, 0.2) is 0 Å². The van der Waals surface area contributed by atoms with Crippen molar-refractivity contribution >= 4 is 17.6 Å². The highest BCUT2D eigenvalue weighted by atomic mass is 35.5. The summed E-state index contributed by atoms with van der Waals surface area (Å²) in [5, 5.41) is 10.3. The van der Waals surface area contributed by atoms with Crippen molar-refractivity contribution in [3.05, 3.63) is 34.9 Å². The quantitative estimate of drug-likeness (QED) is 0.870. The van der Waals surface area contributed by atoms with E-state index in [4.69, 9.17) is 11.6 Å². The molecule has 102 valence electrons. The molecule has 3 heteroatoms. The van der Waals surface area contributed by atoms with Gasteiger partial charge >= 0.3 is 5.97 Å². The first kappa shape index (κ1) is 13.0. The Kier molecular flexibility index (Phi) is 3.09. The lowest BCUT2D eigenvalue weighted by atomic mass is 9.46. The molecule has 2 saturated carbocycles. The van der Waals surface area contributed by atoms with Crippen LogP contribution in [0.1, 0.15) is 50.5 Å². The summed E-state index contributed by atoms with van der Waals surface area (Å²) in [5.74, 6) is -0.689. The van der Waals surface area contributed by atoms with Crippen LogP contribution in [0.4, 0.5) is 0 Å². The molecular formula is C16H19ClO2. The van der Waals surface area contributed by atoms with Crippen LogP contribution in [0.2, 0.25) is 5.02 Å². The number of carboxylic acid groups (broad SMARTS) is 1. The molecule has 2 aliphatic carbocycles. The zero-order valence-corrected chi connectivity index (χ0v) is 11.7. The van der Waals surface area contributed by atoms with Crippen LogP contribution < -0.4 is 0 Å². The number of carbonyl (C=O) groups is 1. The summed E-state index contributed by atoms with van der Waals surface area (Å²) in [6, 6.07) is 7.39. The number of hydrogen-bond acceptors (Lipinski definition) is 1. The van der Waals surface area contributed by atoms with Crippen molar-refractivity contribution in [3.8, 4) is 0 Å². The van der Waals surface area contributed by atoms with Gasteiger partial charge in [-0.2, -0.15) is 0 Å². The van der Waals surface area contributed by atoms with Gasteiger partial charge in [0.25, 0.3) is 0 Å². The van der Waals surface area contributed by atoms with Crippen LogP contribution in [0.5, 0.6) is 0 Å². The van der Waals surface area contributed by atoms with E-state index >= 15 is 0 Å². The number of carboxylic acids is 1. The maximum atomic E-state index is 11.8. The first-order valence-electron chi connectivity index (χ1n) is 7.06. The van der Waals surface area contributed by atoms with E-state index in [0.29, 0.717) is 10.4 Å². The summed E-state index contributed by atoms with van der Waals surface area (Å²) in [5.41, 5.74) is 0.477. The number of benzene rings is 1. The molecule has 0 saturated heterocycles. The second kappa shape index (κ2) is 4.52. The van der Waals surface area contributed by atoms with Gasteiger partial charge < -0.3 is 5.11 Å². The number of hydrogen-bond donors (Lipinski definition) is 1. The predicted octanol–water partition coefficient (Wildman–Crippen LogP) is 4.41. The smallest absolute Gasteiger partial charge is 0.314 e. The van der Waals surface area contributed by atoms with Crippen molar-refractivity contribution in [3.63, 3.8) is 0 Å². The van der Waals surface area contributed by atoms with Crippen LogP contribution in [-0.2, 0) is 10.2 Å². The summed E-state index contributed by atoms with van der Waals surface area (Å²) in [6.07, 6.45) is 7.78. The SMILES string of the molecule is O=C(O)C1(c2cccc(Cl)c2)CC2(CCCCC2)C1. The van der Waals surface area contributed by atoms with Crippen LogP contribution in [0, 0.1) is 5.41 Å². The molecule has 3 rings (SSSR count). The minimum Gasteiger partial charge on any atom is -0.481 e. The monoisotopic (exact) mass is 278 g/mol. The second-order valence-corrected chi connectivity index (χ2v) is 6.75. The third kappa shape index (κ3) is 2.06. The van der Waals surface area contributed by atoms with E-state index in [9.17, 15) is 9.90 Å². The van der Waals surface area contributed by atoms with Gasteiger partial charge in [0, 0.05) is 5.02 Å². The Labute approximate surface area is 118 Å². The van der Waals surface area contributed by atoms with Crippen LogP contribution in [-0.4, -0.2) is 11.1 Å². The van der Waals surface area contributed by atoms with Crippen LogP contribution >= 0.6 is 11.6 Å². The van der Waals surface area contributed by atoms with Gasteiger partial charge in [-0.05, 0) is 48.8 Å². The minimum atomic E-state index is -0.692. The van der Waals surface area contributed by atoms with E-state index in [2.05, 4.69) is 0 Å². The summed E-state index contributed by atoms with van der Waals surface area (Å²) in [4.78, 5) is 11.8. The fraction of sp³-hybridized carbons (Fsp3) is 0.562. The van der Waals surface area contributed by atoms with Crippen LogP contribution in [0.15, 0.2) is 24.3 Å². The first-order chi connectivity index (χ1) is 9.06. The molecular weight excluding hydrogens is 260 g/mol. The highest BCUT2D eigenvalue weighted by Crippen LogP contribution is 2.62. The zero-order chi connectivity index (χ0) is 13.5. The van der Waals surface area contributed by atoms with Gasteiger partial charge in [-0.15, -0.1) is 0 Å². The second-order valence-electron chi connectivity index (χ2n) is 6.31. The molecule has 1 N–H and O–H groups in total. The fourth-order valence-electron chi connectivity index (χ4n) is 4.15. The Hall–Kier alpha value is -1.02. The predicted molar refractivity (Wildman–Crippen MR) is 75.5 cm³/mol. The van der Waals surface area contributed by atoms with E-state index in [1.54, 1.807) is 6.07 Å². The summed E-state index contributed by atoms with van der Waals surface area (Å²) in [6.45, 7) is 0. The molecule has 19 heavy (non-hydrogen) atoms. The Morgan fingerprint density at radius 2 is 1.84 bits per heavy atom. The van der Waals surface area contributed by atoms with Gasteiger partial charge in [0.1, 0.15) is 0 Å². The van der Waals surface area contributed by atoms with Crippen molar-refractivity contribution in [1.82, 2.24) is 0 Å². The molecule has 0 bridgehead atoms. The molecule has 2 aliphatic rings. The van der Waals surface area contributed by atoms with Crippen molar-refractivity contribution in [2.45, 2.75) is 50.4 Å². The molecule has 0 amide bonds. The number of halogens is 1. The topological polar surface area (TPSA) is 37.3 Å². The van der Waals surface area contributed by atoms with Gasteiger partial charge in [-0.25, -0.2) is 0 Å². The van der Waals surface area contributed by atoms with Crippen molar-refractivity contribution in [2.75, 3.05) is 0 Å². The molecule has 0 atom stereocenters. The van der Waals surface area contributed by atoms with E-state index in [-0.39, 0.29) is 0 Å². The van der Waals surface area contributed by atoms with Gasteiger partial charge in [0.2, 0.25) is 0 Å². The summed E-state index contributed by atoms with van der Waals surface area (Å²) >= 11 is 6.02.